The van der Waals surface area contributed by atoms with Crippen molar-refractivity contribution in [2.45, 2.75) is 25.7 Å². The van der Waals surface area contributed by atoms with E-state index in [1.165, 1.54) is 0 Å². The molecule has 1 aliphatic carbocycles. The van der Waals surface area contributed by atoms with Gasteiger partial charge in [0.2, 0.25) is 0 Å². The van der Waals surface area contributed by atoms with Crippen LogP contribution in [0.2, 0.25) is 0 Å². The summed E-state index contributed by atoms with van der Waals surface area (Å²) in [6.45, 7) is 1.95. The standard InChI is InChI=1S/C9H11NO2S/c1-5-10-8(4-13-5)6-2-3-7(6)9(11)12/h4,6-7H,2-3H2,1H3,(H,11,12). The normalized spacial score (nSPS) is 26.8. The number of aliphatic carboxylic acids is 1. The van der Waals surface area contributed by atoms with Crippen LogP contribution in [0.4, 0.5) is 0 Å². The van der Waals surface area contributed by atoms with Gasteiger partial charge in [-0.1, -0.05) is 0 Å². The highest BCUT2D eigenvalue weighted by Gasteiger charge is 2.38. The summed E-state index contributed by atoms with van der Waals surface area (Å²) in [6.07, 6.45) is 1.77. The Morgan fingerprint density at radius 2 is 2.46 bits per heavy atom. The monoisotopic (exact) mass is 197 g/mol. The van der Waals surface area contributed by atoms with Gasteiger partial charge in [-0.15, -0.1) is 11.3 Å². The molecule has 2 rings (SSSR count). The van der Waals surface area contributed by atoms with Crippen molar-refractivity contribution in [2.75, 3.05) is 0 Å². The Morgan fingerprint density at radius 1 is 1.69 bits per heavy atom. The highest BCUT2D eigenvalue weighted by atomic mass is 32.1. The number of carbonyl (C=O) groups is 1. The number of aryl methyl sites for hydroxylation is 1. The first-order chi connectivity index (χ1) is 6.18. The number of thiazole rings is 1. The fourth-order valence-electron chi connectivity index (χ4n) is 1.70. The van der Waals surface area contributed by atoms with Crippen molar-refractivity contribution in [3.63, 3.8) is 0 Å². The second-order valence-corrected chi connectivity index (χ2v) is 4.48. The zero-order valence-corrected chi connectivity index (χ0v) is 8.17. The summed E-state index contributed by atoms with van der Waals surface area (Å²) in [5, 5.41) is 11.8. The third-order valence-electron chi connectivity index (χ3n) is 2.61. The lowest BCUT2D eigenvalue weighted by atomic mass is 9.72. The first-order valence-corrected chi connectivity index (χ1v) is 5.21. The van der Waals surface area contributed by atoms with E-state index in [4.69, 9.17) is 5.11 Å². The van der Waals surface area contributed by atoms with Crippen LogP contribution in [-0.4, -0.2) is 16.1 Å². The molecule has 1 aromatic heterocycles. The highest BCUT2D eigenvalue weighted by molar-refractivity contribution is 7.09. The lowest BCUT2D eigenvalue weighted by Gasteiger charge is -2.31. The minimum absolute atomic E-state index is 0.169. The van der Waals surface area contributed by atoms with Gasteiger partial charge in [0, 0.05) is 11.3 Å². The van der Waals surface area contributed by atoms with Crippen LogP contribution in [0.5, 0.6) is 0 Å². The molecule has 1 N–H and O–H groups in total. The summed E-state index contributed by atoms with van der Waals surface area (Å²) in [7, 11) is 0. The average Bonchev–Trinajstić information content (AvgIpc) is 2.32. The van der Waals surface area contributed by atoms with Gasteiger partial charge in [0.1, 0.15) is 0 Å². The van der Waals surface area contributed by atoms with Gasteiger partial charge >= 0.3 is 5.97 Å². The molecule has 1 saturated carbocycles. The predicted octanol–water partition coefficient (Wildman–Crippen LogP) is 2.03. The van der Waals surface area contributed by atoms with E-state index in [9.17, 15) is 4.79 Å². The van der Waals surface area contributed by atoms with E-state index in [0.29, 0.717) is 0 Å². The Morgan fingerprint density at radius 3 is 2.85 bits per heavy atom. The zero-order valence-electron chi connectivity index (χ0n) is 7.36. The highest BCUT2D eigenvalue weighted by Crippen LogP contribution is 2.42. The summed E-state index contributed by atoms with van der Waals surface area (Å²) < 4.78 is 0. The molecule has 1 aliphatic rings. The second kappa shape index (κ2) is 3.10. The van der Waals surface area contributed by atoms with E-state index >= 15 is 0 Å². The average molecular weight is 197 g/mol. The number of aromatic nitrogens is 1. The van der Waals surface area contributed by atoms with Crippen LogP contribution in [-0.2, 0) is 4.79 Å². The maximum atomic E-state index is 10.7. The molecule has 0 radical (unpaired) electrons. The van der Waals surface area contributed by atoms with Gasteiger partial charge in [0.05, 0.1) is 16.6 Å². The molecule has 1 fully saturated rings. The van der Waals surface area contributed by atoms with E-state index in [2.05, 4.69) is 4.98 Å². The van der Waals surface area contributed by atoms with E-state index in [0.717, 1.165) is 23.5 Å². The Labute approximate surface area is 80.4 Å². The minimum Gasteiger partial charge on any atom is -0.481 e. The number of rotatable bonds is 2. The van der Waals surface area contributed by atoms with Crippen molar-refractivity contribution in [1.82, 2.24) is 4.98 Å². The van der Waals surface area contributed by atoms with Crippen molar-refractivity contribution in [3.8, 4) is 0 Å². The first-order valence-electron chi connectivity index (χ1n) is 4.33. The lowest BCUT2D eigenvalue weighted by Crippen LogP contribution is -2.31. The molecule has 4 heteroatoms. The van der Waals surface area contributed by atoms with Crippen LogP contribution in [0.1, 0.15) is 29.5 Å². The predicted molar refractivity (Wildman–Crippen MR) is 50.0 cm³/mol. The van der Waals surface area contributed by atoms with Crippen LogP contribution in [0.3, 0.4) is 0 Å². The molecule has 13 heavy (non-hydrogen) atoms. The summed E-state index contributed by atoms with van der Waals surface area (Å²) in [6, 6.07) is 0. The van der Waals surface area contributed by atoms with Crippen LogP contribution in [0.25, 0.3) is 0 Å². The number of carboxylic acid groups (broad SMARTS) is 1. The maximum absolute atomic E-state index is 10.7. The topological polar surface area (TPSA) is 50.2 Å². The largest absolute Gasteiger partial charge is 0.481 e. The van der Waals surface area contributed by atoms with E-state index in [-0.39, 0.29) is 11.8 Å². The van der Waals surface area contributed by atoms with Gasteiger partial charge < -0.3 is 5.11 Å². The van der Waals surface area contributed by atoms with Crippen LogP contribution >= 0.6 is 11.3 Å². The molecular weight excluding hydrogens is 186 g/mol. The van der Waals surface area contributed by atoms with Gasteiger partial charge in [-0.05, 0) is 19.8 Å². The molecule has 2 unspecified atom stereocenters. The van der Waals surface area contributed by atoms with Gasteiger partial charge in [0.15, 0.2) is 0 Å². The summed E-state index contributed by atoms with van der Waals surface area (Å²) in [4.78, 5) is 15.1. The second-order valence-electron chi connectivity index (χ2n) is 3.42. The maximum Gasteiger partial charge on any atom is 0.307 e. The van der Waals surface area contributed by atoms with E-state index < -0.39 is 5.97 Å². The lowest BCUT2D eigenvalue weighted by molar-refractivity contribution is -0.145. The van der Waals surface area contributed by atoms with Gasteiger partial charge in [0.25, 0.3) is 0 Å². The molecule has 0 saturated heterocycles. The molecule has 1 aromatic rings. The Balaban J connectivity index is 2.14. The van der Waals surface area contributed by atoms with Crippen LogP contribution in [0.15, 0.2) is 5.38 Å². The third kappa shape index (κ3) is 1.46. The fourth-order valence-corrected chi connectivity index (χ4v) is 2.38. The molecule has 1 heterocycles. The fraction of sp³-hybridized carbons (Fsp3) is 0.556. The van der Waals surface area contributed by atoms with Crippen molar-refractivity contribution in [2.24, 2.45) is 5.92 Å². The van der Waals surface area contributed by atoms with Crippen molar-refractivity contribution in [1.29, 1.82) is 0 Å². The smallest absolute Gasteiger partial charge is 0.307 e. The van der Waals surface area contributed by atoms with Crippen molar-refractivity contribution < 1.29 is 9.90 Å². The molecule has 2 atom stereocenters. The molecule has 0 aromatic carbocycles. The van der Waals surface area contributed by atoms with Gasteiger partial charge in [-0.2, -0.15) is 0 Å². The van der Waals surface area contributed by atoms with Gasteiger partial charge in [-0.25, -0.2) is 4.98 Å². The van der Waals surface area contributed by atoms with E-state index in [1.807, 2.05) is 12.3 Å². The molecule has 0 amide bonds. The molecule has 70 valence electrons. The SMILES string of the molecule is Cc1nc(C2CCC2C(=O)O)cs1. The summed E-state index contributed by atoms with van der Waals surface area (Å²) in [5.41, 5.74) is 0.973. The zero-order chi connectivity index (χ0) is 9.42. The Kier molecular flexibility index (Phi) is 2.07. The summed E-state index contributed by atoms with van der Waals surface area (Å²) in [5.74, 6) is -0.703. The number of hydrogen-bond acceptors (Lipinski definition) is 3. The first kappa shape index (κ1) is 8.69. The van der Waals surface area contributed by atoms with Crippen LogP contribution in [0, 0.1) is 12.8 Å². The quantitative estimate of drug-likeness (QED) is 0.789. The summed E-state index contributed by atoms with van der Waals surface area (Å²) >= 11 is 1.59. The van der Waals surface area contributed by atoms with Crippen LogP contribution < -0.4 is 0 Å². The van der Waals surface area contributed by atoms with Crippen molar-refractivity contribution in [3.05, 3.63) is 16.1 Å². The van der Waals surface area contributed by atoms with Crippen molar-refractivity contribution >= 4 is 17.3 Å². The Bertz CT molecular complexity index is 334. The number of hydrogen-bond donors (Lipinski definition) is 1. The third-order valence-corrected chi connectivity index (χ3v) is 3.40. The Hall–Kier alpha value is -0.900. The van der Waals surface area contributed by atoms with Gasteiger partial charge in [-0.3, -0.25) is 4.79 Å². The number of carboxylic acids is 1. The molecule has 3 nitrogen and oxygen atoms in total. The number of nitrogens with zero attached hydrogens (tertiary/aromatic N) is 1. The molecule has 0 aliphatic heterocycles. The molecule has 0 spiro atoms. The van der Waals surface area contributed by atoms with E-state index in [1.54, 1.807) is 11.3 Å². The minimum atomic E-state index is -0.679. The molecular formula is C9H11NO2S. The molecule has 0 bridgehead atoms.